The van der Waals surface area contributed by atoms with E-state index in [1.54, 1.807) is 23.1 Å². The Labute approximate surface area is 176 Å². The van der Waals surface area contributed by atoms with Crippen molar-refractivity contribution in [3.8, 4) is 0 Å². The SMILES string of the molecule is CSc1ccc(C(=O)N(CCCN(C)C)c2nc3ccc(Br)cc3s2)cc1. The summed E-state index contributed by atoms with van der Waals surface area (Å²) in [7, 11) is 4.09. The van der Waals surface area contributed by atoms with Gasteiger partial charge in [0.15, 0.2) is 5.13 Å². The molecular formula is C20H22BrN3OS2. The van der Waals surface area contributed by atoms with Crippen LogP contribution in [0, 0.1) is 0 Å². The fraction of sp³-hybridized carbons (Fsp3) is 0.300. The number of benzene rings is 2. The summed E-state index contributed by atoms with van der Waals surface area (Å²) >= 11 is 6.73. The zero-order valence-corrected chi connectivity index (χ0v) is 18.8. The van der Waals surface area contributed by atoms with E-state index in [2.05, 4.69) is 20.8 Å². The molecule has 27 heavy (non-hydrogen) atoms. The van der Waals surface area contributed by atoms with Crippen molar-refractivity contribution in [1.29, 1.82) is 0 Å². The summed E-state index contributed by atoms with van der Waals surface area (Å²) in [6.45, 7) is 1.56. The van der Waals surface area contributed by atoms with Gasteiger partial charge in [0.25, 0.3) is 5.91 Å². The molecule has 3 rings (SSSR count). The summed E-state index contributed by atoms with van der Waals surface area (Å²) in [6, 6.07) is 13.8. The molecule has 7 heteroatoms. The lowest BCUT2D eigenvalue weighted by Crippen LogP contribution is -2.33. The van der Waals surface area contributed by atoms with E-state index in [0.29, 0.717) is 12.1 Å². The first kappa shape index (κ1) is 20.3. The van der Waals surface area contributed by atoms with E-state index in [0.717, 1.165) is 37.7 Å². The van der Waals surface area contributed by atoms with Gasteiger partial charge in [0.2, 0.25) is 0 Å². The van der Waals surface area contributed by atoms with Crippen LogP contribution in [0.4, 0.5) is 5.13 Å². The van der Waals surface area contributed by atoms with Gasteiger partial charge in [0, 0.05) is 21.5 Å². The monoisotopic (exact) mass is 463 g/mol. The molecule has 3 aromatic rings. The third-order valence-electron chi connectivity index (χ3n) is 4.14. The van der Waals surface area contributed by atoms with Gasteiger partial charge in [0.1, 0.15) is 0 Å². The maximum absolute atomic E-state index is 13.2. The Morgan fingerprint density at radius 3 is 2.56 bits per heavy atom. The Kier molecular flexibility index (Phi) is 6.92. The number of hydrogen-bond acceptors (Lipinski definition) is 5. The van der Waals surface area contributed by atoms with Crippen LogP contribution in [0.3, 0.4) is 0 Å². The Balaban J connectivity index is 1.91. The number of carbonyl (C=O) groups excluding carboxylic acids is 1. The Morgan fingerprint density at radius 1 is 1.15 bits per heavy atom. The topological polar surface area (TPSA) is 36.4 Å². The van der Waals surface area contributed by atoms with Gasteiger partial charge in [-0.1, -0.05) is 27.3 Å². The standard InChI is InChI=1S/C20H22BrN3OS2/c1-23(2)11-4-12-24(19(25)14-5-8-16(26-3)9-6-14)20-22-17-10-7-15(21)13-18(17)27-20/h5-10,13H,4,11-12H2,1-3H3. The van der Waals surface area contributed by atoms with Crippen LogP contribution in [0.15, 0.2) is 51.8 Å². The van der Waals surface area contributed by atoms with Crippen molar-refractivity contribution in [1.82, 2.24) is 9.88 Å². The van der Waals surface area contributed by atoms with E-state index in [4.69, 9.17) is 4.98 Å². The summed E-state index contributed by atoms with van der Waals surface area (Å²) in [4.78, 5) is 23.0. The first-order chi connectivity index (χ1) is 13.0. The van der Waals surface area contributed by atoms with Gasteiger partial charge in [-0.2, -0.15) is 0 Å². The molecule has 1 aromatic heterocycles. The van der Waals surface area contributed by atoms with Gasteiger partial charge in [-0.25, -0.2) is 4.98 Å². The van der Waals surface area contributed by atoms with E-state index in [-0.39, 0.29) is 5.91 Å². The van der Waals surface area contributed by atoms with Crippen LogP contribution in [0.2, 0.25) is 0 Å². The first-order valence-electron chi connectivity index (χ1n) is 8.64. The van der Waals surface area contributed by atoms with Crippen LogP contribution in [-0.2, 0) is 0 Å². The van der Waals surface area contributed by atoms with Crippen molar-refractivity contribution < 1.29 is 4.79 Å². The number of thioether (sulfide) groups is 1. The molecule has 0 spiro atoms. The molecule has 0 atom stereocenters. The molecule has 142 valence electrons. The number of hydrogen-bond donors (Lipinski definition) is 0. The minimum Gasteiger partial charge on any atom is -0.309 e. The number of anilines is 1. The summed E-state index contributed by atoms with van der Waals surface area (Å²) in [5.41, 5.74) is 1.61. The highest BCUT2D eigenvalue weighted by atomic mass is 79.9. The third kappa shape index (κ3) is 5.10. The highest BCUT2D eigenvalue weighted by Crippen LogP contribution is 2.32. The maximum atomic E-state index is 13.2. The van der Waals surface area contributed by atoms with E-state index >= 15 is 0 Å². The maximum Gasteiger partial charge on any atom is 0.260 e. The van der Waals surface area contributed by atoms with Crippen molar-refractivity contribution in [3.63, 3.8) is 0 Å². The Bertz CT molecular complexity index is 925. The van der Waals surface area contributed by atoms with E-state index < -0.39 is 0 Å². The summed E-state index contributed by atoms with van der Waals surface area (Å²) < 4.78 is 2.09. The highest BCUT2D eigenvalue weighted by Gasteiger charge is 2.21. The summed E-state index contributed by atoms with van der Waals surface area (Å²) in [5, 5.41) is 0.751. The molecule has 0 aliphatic rings. The quantitative estimate of drug-likeness (QED) is 0.440. The van der Waals surface area contributed by atoms with E-state index in [1.807, 2.05) is 67.7 Å². The molecule has 0 unspecified atom stereocenters. The minimum absolute atomic E-state index is 0.000434. The number of aromatic nitrogens is 1. The Morgan fingerprint density at radius 2 is 1.89 bits per heavy atom. The molecular weight excluding hydrogens is 442 g/mol. The average molecular weight is 464 g/mol. The van der Waals surface area contributed by atoms with E-state index in [9.17, 15) is 4.79 Å². The molecule has 0 N–H and O–H groups in total. The number of nitrogens with zero attached hydrogens (tertiary/aromatic N) is 3. The molecule has 0 fully saturated rings. The molecule has 0 aliphatic heterocycles. The number of carbonyl (C=O) groups is 1. The number of fused-ring (bicyclic) bond motifs is 1. The zero-order chi connectivity index (χ0) is 19.4. The second kappa shape index (κ2) is 9.19. The third-order valence-corrected chi connectivity index (χ3v) is 6.42. The van der Waals surface area contributed by atoms with Gasteiger partial charge < -0.3 is 4.90 Å². The van der Waals surface area contributed by atoms with Gasteiger partial charge in [0.05, 0.1) is 10.2 Å². The molecule has 1 amide bonds. The van der Waals surface area contributed by atoms with Crippen molar-refractivity contribution in [2.24, 2.45) is 0 Å². The number of thiazole rings is 1. The van der Waals surface area contributed by atoms with Crippen molar-refractivity contribution in [2.75, 3.05) is 38.3 Å². The predicted octanol–water partition coefficient (Wildman–Crippen LogP) is 5.38. The Hall–Kier alpha value is -1.41. The normalized spacial score (nSPS) is 11.3. The lowest BCUT2D eigenvalue weighted by Gasteiger charge is -2.21. The zero-order valence-electron chi connectivity index (χ0n) is 15.6. The summed E-state index contributed by atoms with van der Waals surface area (Å²) in [6.07, 6.45) is 2.92. The highest BCUT2D eigenvalue weighted by molar-refractivity contribution is 9.10. The van der Waals surface area contributed by atoms with Gasteiger partial charge in [-0.3, -0.25) is 9.69 Å². The molecule has 0 radical (unpaired) electrons. The molecule has 4 nitrogen and oxygen atoms in total. The second-order valence-corrected chi connectivity index (χ2v) is 9.26. The largest absolute Gasteiger partial charge is 0.309 e. The van der Waals surface area contributed by atoms with Crippen LogP contribution in [0.5, 0.6) is 0 Å². The van der Waals surface area contributed by atoms with Crippen LogP contribution in [0.25, 0.3) is 10.2 Å². The molecule has 0 saturated heterocycles. The fourth-order valence-electron chi connectivity index (χ4n) is 2.72. The van der Waals surface area contributed by atoms with Crippen molar-refractivity contribution in [2.45, 2.75) is 11.3 Å². The fourth-order valence-corrected chi connectivity index (χ4v) is 4.67. The summed E-state index contributed by atoms with van der Waals surface area (Å²) in [5.74, 6) is -0.000434. The van der Waals surface area contributed by atoms with Crippen LogP contribution in [-0.4, -0.2) is 49.2 Å². The predicted molar refractivity (Wildman–Crippen MR) is 120 cm³/mol. The van der Waals surface area contributed by atoms with Crippen LogP contribution >= 0.6 is 39.0 Å². The van der Waals surface area contributed by atoms with Gasteiger partial charge in [-0.15, -0.1) is 11.8 Å². The molecule has 1 heterocycles. The lowest BCUT2D eigenvalue weighted by molar-refractivity contribution is 0.0986. The number of halogens is 1. The lowest BCUT2D eigenvalue weighted by atomic mass is 10.2. The average Bonchev–Trinajstić information content (AvgIpc) is 3.07. The minimum atomic E-state index is -0.000434. The second-order valence-electron chi connectivity index (χ2n) is 6.45. The van der Waals surface area contributed by atoms with Crippen molar-refractivity contribution in [3.05, 3.63) is 52.5 Å². The van der Waals surface area contributed by atoms with Crippen LogP contribution < -0.4 is 4.90 Å². The number of amides is 1. The first-order valence-corrected chi connectivity index (χ1v) is 11.5. The smallest absolute Gasteiger partial charge is 0.260 e. The molecule has 0 aliphatic carbocycles. The van der Waals surface area contributed by atoms with Gasteiger partial charge in [-0.05, 0) is 75.8 Å². The molecule has 0 saturated carbocycles. The van der Waals surface area contributed by atoms with Crippen molar-refractivity contribution >= 4 is 60.3 Å². The number of rotatable bonds is 7. The molecule has 2 aromatic carbocycles. The van der Waals surface area contributed by atoms with Crippen LogP contribution in [0.1, 0.15) is 16.8 Å². The van der Waals surface area contributed by atoms with Gasteiger partial charge >= 0.3 is 0 Å². The molecule has 0 bridgehead atoms. The van der Waals surface area contributed by atoms with E-state index in [1.165, 1.54) is 0 Å².